The van der Waals surface area contributed by atoms with E-state index in [1.807, 2.05) is 12.1 Å². The van der Waals surface area contributed by atoms with Gasteiger partial charge in [-0.05, 0) is 36.2 Å². The van der Waals surface area contributed by atoms with Crippen molar-refractivity contribution < 1.29 is 0 Å². The second-order valence-corrected chi connectivity index (χ2v) is 4.95. The normalized spacial score (nSPS) is 11.4. The number of halogens is 1. The molecule has 0 fully saturated rings. The Bertz CT molecular complexity index is 688. The average molecular weight is 290 g/mol. The van der Waals surface area contributed by atoms with Crippen molar-refractivity contribution in [2.75, 3.05) is 6.54 Å². The van der Waals surface area contributed by atoms with Crippen LogP contribution in [0, 0.1) is 0 Å². The SMILES string of the molecule is NCCc1cn2c(ccc3ccc(Br)cc32)n1. The largest absolute Gasteiger partial charge is 0.330 e. The number of pyridine rings is 1. The molecule has 0 atom stereocenters. The van der Waals surface area contributed by atoms with Crippen molar-refractivity contribution in [1.82, 2.24) is 9.38 Å². The molecule has 86 valence electrons. The Kier molecular flexibility index (Phi) is 2.61. The lowest BCUT2D eigenvalue weighted by Gasteiger charge is -2.01. The van der Waals surface area contributed by atoms with Crippen LogP contribution in [-0.4, -0.2) is 15.9 Å². The van der Waals surface area contributed by atoms with Crippen LogP contribution in [0.4, 0.5) is 0 Å². The minimum Gasteiger partial charge on any atom is -0.330 e. The van der Waals surface area contributed by atoms with Crippen molar-refractivity contribution in [3.8, 4) is 0 Å². The molecular weight excluding hydrogens is 278 g/mol. The van der Waals surface area contributed by atoms with Gasteiger partial charge < -0.3 is 5.73 Å². The maximum absolute atomic E-state index is 5.56. The first-order chi connectivity index (χ1) is 8.28. The zero-order valence-electron chi connectivity index (χ0n) is 9.23. The standard InChI is InChI=1S/C13H12BrN3/c14-10-3-1-9-2-4-13-16-11(5-6-15)8-17(13)12(9)7-10/h1-4,7-8H,5-6,15H2. The summed E-state index contributed by atoms with van der Waals surface area (Å²) < 4.78 is 3.19. The fourth-order valence-corrected chi connectivity index (χ4v) is 2.40. The summed E-state index contributed by atoms with van der Waals surface area (Å²) >= 11 is 3.50. The molecule has 0 saturated carbocycles. The van der Waals surface area contributed by atoms with E-state index in [1.54, 1.807) is 0 Å². The zero-order chi connectivity index (χ0) is 11.8. The second kappa shape index (κ2) is 4.13. The predicted octanol–water partition coefficient (Wildman–Crippen LogP) is 2.75. The topological polar surface area (TPSA) is 43.3 Å². The first kappa shape index (κ1) is 10.7. The van der Waals surface area contributed by atoms with Gasteiger partial charge in [-0.15, -0.1) is 0 Å². The highest BCUT2D eigenvalue weighted by Crippen LogP contribution is 2.21. The lowest BCUT2D eigenvalue weighted by molar-refractivity contribution is 0.937. The van der Waals surface area contributed by atoms with E-state index in [0.717, 1.165) is 27.8 Å². The van der Waals surface area contributed by atoms with E-state index in [-0.39, 0.29) is 0 Å². The molecule has 2 aromatic heterocycles. The number of rotatable bonds is 2. The van der Waals surface area contributed by atoms with Crippen LogP contribution >= 0.6 is 15.9 Å². The predicted molar refractivity (Wildman–Crippen MR) is 73.2 cm³/mol. The average Bonchev–Trinajstić information content (AvgIpc) is 2.72. The van der Waals surface area contributed by atoms with E-state index in [2.05, 4.69) is 49.7 Å². The molecule has 0 bridgehead atoms. The molecule has 0 amide bonds. The minimum atomic E-state index is 0.630. The molecule has 0 aliphatic carbocycles. The highest BCUT2D eigenvalue weighted by atomic mass is 79.9. The van der Waals surface area contributed by atoms with Gasteiger partial charge in [-0.2, -0.15) is 0 Å². The van der Waals surface area contributed by atoms with E-state index >= 15 is 0 Å². The highest BCUT2D eigenvalue weighted by molar-refractivity contribution is 9.10. The summed E-state index contributed by atoms with van der Waals surface area (Å²) in [4.78, 5) is 4.55. The van der Waals surface area contributed by atoms with E-state index < -0.39 is 0 Å². The third kappa shape index (κ3) is 1.83. The smallest absolute Gasteiger partial charge is 0.137 e. The maximum atomic E-state index is 5.56. The summed E-state index contributed by atoms with van der Waals surface area (Å²) in [5.74, 6) is 0. The van der Waals surface area contributed by atoms with Crippen LogP contribution < -0.4 is 5.73 Å². The van der Waals surface area contributed by atoms with Crippen molar-refractivity contribution in [2.24, 2.45) is 5.73 Å². The molecule has 1 aromatic carbocycles. The number of imidazole rings is 1. The first-order valence-electron chi connectivity index (χ1n) is 5.54. The van der Waals surface area contributed by atoms with Crippen LogP contribution in [0.15, 0.2) is 41.0 Å². The van der Waals surface area contributed by atoms with E-state index in [4.69, 9.17) is 5.73 Å². The molecule has 4 heteroatoms. The number of nitrogens with two attached hydrogens (primary N) is 1. The summed E-state index contributed by atoms with van der Waals surface area (Å²) in [5, 5.41) is 1.21. The van der Waals surface area contributed by atoms with Crippen LogP contribution in [0.25, 0.3) is 16.6 Å². The van der Waals surface area contributed by atoms with Gasteiger partial charge in [-0.25, -0.2) is 4.98 Å². The van der Waals surface area contributed by atoms with Crippen LogP contribution in [0.1, 0.15) is 5.69 Å². The second-order valence-electron chi connectivity index (χ2n) is 4.04. The summed E-state index contributed by atoms with van der Waals surface area (Å²) in [6, 6.07) is 10.4. The Morgan fingerprint density at radius 2 is 2.06 bits per heavy atom. The monoisotopic (exact) mass is 289 g/mol. The van der Waals surface area contributed by atoms with Gasteiger partial charge in [0.25, 0.3) is 0 Å². The molecule has 3 rings (SSSR count). The van der Waals surface area contributed by atoms with Gasteiger partial charge >= 0.3 is 0 Å². The van der Waals surface area contributed by atoms with Crippen LogP contribution in [0.5, 0.6) is 0 Å². The van der Waals surface area contributed by atoms with Gasteiger partial charge in [0.1, 0.15) is 5.65 Å². The zero-order valence-corrected chi connectivity index (χ0v) is 10.8. The van der Waals surface area contributed by atoms with Crippen molar-refractivity contribution in [3.05, 3.63) is 46.7 Å². The minimum absolute atomic E-state index is 0.630. The number of hydrogen-bond acceptors (Lipinski definition) is 2. The fourth-order valence-electron chi connectivity index (χ4n) is 2.05. The molecule has 2 heterocycles. The molecule has 0 saturated heterocycles. The van der Waals surface area contributed by atoms with Gasteiger partial charge in [-0.1, -0.05) is 22.0 Å². The van der Waals surface area contributed by atoms with Crippen molar-refractivity contribution in [2.45, 2.75) is 6.42 Å². The molecule has 0 unspecified atom stereocenters. The molecule has 0 aliphatic heterocycles. The Balaban J connectivity index is 2.33. The van der Waals surface area contributed by atoms with E-state index in [1.165, 1.54) is 5.39 Å². The van der Waals surface area contributed by atoms with Crippen LogP contribution in [-0.2, 0) is 6.42 Å². The summed E-state index contributed by atoms with van der Waals surface area (Å²) in [5.41, 5.74) is 8.74. The molecule has 2 N–H and O–H groups in total. The van der Waals surface area contributed by atoms with Crippen LogP contribution in [0.2, 0.25) is 0 Å². The lowest BCUT2D eigenvalue weighted by atomic mass is 10.2. The maximum Gasteiger partial charge on any atom is 0.137 e. The van der Waals surface area contributed by atoms with Gasteiger partial charge in [0.05, 0.1) is 11.2 Å². The Labute approximate surface area is 107 Å². The number of aromatic nitrogens is 2. The summed E-state index contributed by atoms with van der Waals surface area (Å²) in [7, 11) is 0. The fraction of sp³-hybridized carbons (Fsp3) is 0.154. The van der Waals surface area contributed by atoms with Gasteiger partial charge in [0.2, 0.25) is 0 Å². The van der Waals surface area contributed by atoms with Crippen molar-refractivity contribution in [1.29, 1.82) is 0 Å². The molecule has 0 aliphatic rings. The van der Waals surface area contributed by atoms with Crippen LogP contribution in [0.3, 0.4) is 0 Å². The molecule has 17 heavy (non-hydrogen) atoms. The molecule has 0 spiro atoms. The molecule has 3 aromatic rings. The number of hydrogen-bond donors (Lipinski definition) is 1. The third-order valence-corrected chi connectivity index (χ3v) is 3.34. The third-order valence-electron chi connectivity index (χ3n) is 2.85. The van der Waals surface area contributed by atoms with E-state index in [9.17, 15) is 0 Å². The van der Waals surface area contributed by atoms with Gasteiger partial charge in [-0.3, -0.25) is 4.40 Å². The Hall–Kier alpha value is -1.39. The summed E-state index contributed by atoms with van der Waals surface area (Å²) in [6.07, 6.45) is 2.88. The molecular formula is C13H12BrN3. The van der Waals surface area contributed by atoms with E-state index in [0.29, 0.717) is 6.54 Å². The molecule has 0 radical (unpaired) electrons. The van der Waals surface area contributed by atoms with Crippen molar-refractivity contribution >= 4 is 32.5 Å². The highest BCUT2D eigenvalue weighted by Gasteiger charge is 2.04. The van der Waals surface area contributed by atoms with Crippen molar-refractivity contribution in [3.63, 3.8) is 0 Å². The first-order valence-corrected chi connectivity index (χ1v) is 6.33. The van der Waals surface area contributed by atoms with Gasteiger partial charge in [0.15, 0.2) is 0 Å². The number of benzene rings is 1. The Morgan fingerprint density at radius 3 is 2.88 bits per heavy atom. The number of nitrogens with zero attached hydrogens (tertiary/aromatic N) is 2. The number of fused-ring (bicyclic) bond motifs is 3. The lowest BCUT2D eigenvalue weighted by Crippen LogP contribution is -2.02. The molecule has 3 nitrogen and oxygen atoms in total. The van der Waals surface area contributed by atoms with Gasteiger partial charge in [0, 0.05) is 17.1 Å². The Morgan fingerprint density at radius 1 is 1.24 bits per heavy atom. The quantitative estimate of drug-likeness (QED) is 0.788. The summed E-state index contributed by atoms with van der Waals surface area (Å²) in [6.45, 7) is 0.630.